The summed E-state index contributed by atoms with van der Waals surface area (Å²) in [4.78, 5) is 12.3. The number of H-pyrrole nitrogens is 1. The van der Waals surface area contributed by atoms with Crippen LogP contribution in [0.15, 0.2) is 48.8 Å². The maximum Gasteiger partial charge on any atom is 0.173 e. The van der Waals surface area contributed by atoms with Crippen LogP contribution in [-0.4, -0.2) is 39.8 Å². The molecule has 2 heterocycles. The van der Waals surface area contributed by atoms with Gasteiger partial charge in [-0.1, -0.05) is 18.2 Å². The predicted molar refractivity (Wildman–Crippen MR) is 139 cm³/mol. The summed E-state index contributed by atoms with van der Waals surface area (Å²) >= 11 is 0. The van der Waals surface area contributed by atoms with Gasteiger partial charge in [0.2, 0.25) is 0 Å². The Morgan fingerprint density at radius 2 is 1.78 bits per heavy atom. The number of rotatable bonds is 10. The number of ether oxygens (including phenoxy) is 4. The molecule has 37 heavy (non-hydrogen) atoms. The third-order valence-electron chi connectivity index (χ3n) is 6.76. The molecule has 0 bridgehead atoms. The monoisotopic (exact) mass is 503 g/mol. The number of fused-ring (bicyclic) bond motifs is 1. The molecule has 194 valence electrons. The predicted octanol–water partition coefficient (Wildman–Crippen LogP) is 4.90. The van der Waals surface area contributed by atoms with Crippen molar-refractivity contribution in [1.29, 1.82) is 5.41 Å². The van der Waals surface area contributed by atoms with Crippen molar-refractivity contribution in [2.24, 2.45) is 0 Å². The first kappa shape index (κ1) is 24.8. The summed E-state index contributed by atoms with van der Waals surface area (Å²) in [6.45, 7) is 2.91. The minimum absolute atomic E-state index is 0.146. The van der Waals surface area contributed by atoms with Gasteiger partial charge in [0.1, 0.15) is 23.2 Å². The van der Waals surface area contributed by atoms with Crippen molar-refractivity contribution in [3.8, 4) is 17.2 Å². The van der Waals surface area contributed by atoms with Gasteiger partial charge in [0.15, 0.2) is 22.6 Å². The van der Waals surface area contributed by atoms with Gasteiger partial charge in [0.25, 0.3) is 0 Å². The molecule has 0 spiro atoms. The van der Waals surface area contributed by atoms with Crippen molar-refractivity contribution in [3.05, 3.63) is 71.2 Å². The van der Waals surface area contributed by atoms with E-state index in [0.717, 1.165) is 41.2 Å². The van der Waals surface area contributed by atoms with Gasteiger partial charge in [0, 0.05) is 0 Å². The van der Waals surface area contributed by atoms with Gasteiger partial charge in [-0.3, -0.25) is 5.41 Å². The average molecular weight is 504 g/mol. The van der Waals surface area contributed by atoms with Gasteiger partial charge in [-0.15, -0.1) is 0 Å². The van der Waals surface area contributed by atoms with Gasteiger partial charge in [0.05, 0.1) is 39.8 Å². The highest BCUT2D eigenvalue weighted by Crippen LogP contribution is 2.33. The quantitative estimate of drug-likeness (QED) is 0.319. The normalized spacial score (nSPS) is 14.7. The Balaban J connectivity index is 1.35. The fourth-order valence-corrected chi connectivity index (χ4v) is 4.63. The molecule has 9 heteroatoms. The fraction of sp³-hybridized carbons (Fsp3) is 0.393. The van der Waals surface area contributed by atoms with E-state index in [-0.39, 0.29) is 17.7 Å². The summed E-state index contributed by atoms with van der Waals surface area (Å²) in [5.41, 5.74) is 3.45. The number of imidazole rings is 1. The first-order valence-corrected chi connectivity index (χ1v) is 12.6. The average Bonchev–Trinajstić information content (AvgIpc) is 3.60. The van der Waals surface area contributed by atoms with E-state index in [4.69, 9.17) is 29.3 Å². The topological polar surface area (TPSA) is 107 Å². The molecule has 0 aliphatic heterocycles. The van der Waals surface area contributed by atoms with Crippen LogP contribution in [0.25, 0.3) is 11.2 Å². The van der Waals surface area contributed by atoms with E-state index in [9.17, 15) is 0 Å². The molecule has 2 aromatic heterocycles. The highest BCUT2D eigenvalue weighted by atomic mass is 16.5. The number of benzene rings is 2. The Labute approximate surface area is 215 Å². The number of hydrogen-bond acceptors (Lipinski definition) is 7. The summed E-state index contributed by atoms with van der Waals surface area (Å²) in [5, 5.41) is 8.30. The second-order valence-electron chi connectivity index (χ2n) is 9.35. The zero-order chi connectivity index (χ0) is 25.8. The SMILES string of the molecule is COc1ccc(COC(C)c2nc3c([nH]2)c(=N)ncn3Cc2ccc(OC)c(OC3CCCC3)c2)cc1. The fourth-order valence-electron chi connectivity index (χ4n) is 4.63. The molecule has 0 saturated heterocycles. The summed E-state index contributed by atoms with van der Waals surface area (Å²) in [6, 6.07) is 13.8. The summed E-state index contributed by atoms with van der Waals surface area (Å²) in [7, 11) is 3.31. The van der Waals surface area contributed by atoms with E-state index in [2.05, 4.69) is 9.97 Å². The van der Waals surface area contributed by atoms with Crippen LogP contribution >= 0.6 is 0 Å². The molecular formula is C28H33N5O4. The summed E-state index contributed by atoms with van der Waals surface area (Å²) < 4.78 is 25.0. The molecule has 1 aliphatic rings. The maximum absolute atomic E-state index is 8.30. The van der Waals surface area contributed by atoms with Crippen molar-refractivity contribution in [2.75, 3.05) is 14.2 Å². The molecule has 0 radical (unpaired) electrons. The van der Waals surface area contributed by atoms with E-state index in [1.807, 2.05) is 54.0 Å². The van der Waals surface area contributed by atoms with E-state index in [1.165, 1.54) is 12.8 Å². The van der Waals surface area contributed by atoms with Crippen LogP contribution in [0.2, 0.25) is 0 Å². The lowest BCUT2D eigenvalue weighted by Crippen LogP contribution is -2.14. The number of hydrogen-bond donors (Lipinski definition) is 2. The minimum Gasteiger partial charge on any atom is -0.497 e. The van der Waals surface area contributed by atoms with Gasteiger partial charge in [-0.05, 0) is 68.0 Å². The lowest BCUT2D eigenvalue weighted by atomic mass is 10.2. The molecule has 1 aliphatic carbocycles. The van der Waals surface area contributed by atoms with E-state index >= 15 is 0 Å². The van der Waals surface area contributed by atoms with E-state index < -0.39 is 0 Å². The third-order valence-corrected chi connectivity index (χ3v) is 6.76. The zero-order valence-corrected chi connectivity index (χ0v) is 21.5. The van der Waals surface area contributed by atoms with Crippen LogP contribution in [0.4, 0.5) is 0 Å². The van der Waals surface area contributed by atoms with Crippen LogP contribution in [-0.2, 0) is 17.9 Å². The Morgan fingerprint density at radius 3 is 2.51 bits per heavy atom. The van der Waals surface area contributed by atoms with Crippen molar-refractivity contribution >= 4 is 11.2 Å². The van der Waals surface area contributed by atoms with Crippen LogP contribution in [0.3, 0.4) is 0 Å². The van der Waals surface area contributed by atoms with Gasteiger partial charge in [-0.2, -0.15) is 0 Å². The Morgan fingerprint density at radius 1 is 1.03 bits per heavy atom. The number of aromatic nitrogens is 4. The lowest BCUT2D eigenvalue weighted by Gasteiger charge is -2.17. The first-order chi connectivity index (χ1) is 18.0. The van der Waals surface area contributed by atoms with E-state index in [1.54, 1.807) is 20.5 Å². The number of nitrogens with one attached hydrogen (secondary N) is 2. The van der Waals surface area contributed by atoms with Gasteiger partial charge in [-0.25, -0.2) is 9.97 Å². The number of methoxy groups -OCH3 is 2. The molecule has 1 atom stereocenters. The molecule has 0 amide bonds. The minimum atomic E-state index is -0.297. The van der Waals surface area contributed by atoms with Gasteiger partial charge < -0.3 is 28.5 Å². The maximum atomic E-state index is 8.30. The highest BCUT2D eigenvalue weighted by molar-refractivity contribution is 5.69. The highest BCUT2D eigenvalue weighted by Gasteiger charge is 2.19. The summed E-state index contributed by atoms with van der Waals surface area (Å²) in [6.07, 6.45) is 6.15. The first-order valence-electron chi connectivity index (χ1n) is 12.6. The smallest absolute Gasteiger partial charge is 0.173 e. The van der Waals surface area contributed by atoms with Crippen molar-refractivity contribution in [2.45, 2.75) is 58.0 Å². The van der Waals surface area contributed by atoms with Crippen molar-refractivity contribution in [3.63, 3.8) is 0 Å². The number of nitrogens with zero attached hydrogens (tertiary/aromatic N) is 3. The molecule has 2 aromatic carbocycles. The van der Waals surface area contributed by atoms with Crippen LogP contribution in [0.1, 0.15) is 55.7 Å². The lowest BCUT2D eigenvalue weighted by molar-refractivity contribution is 0.0474. The van der Waals surface area contributed by atoms with Crippen LogP contribution < -0.4 is 19.7 Å². The van der Waals surface area contributed by atoms with Crippen molar-refractivity contribution < 1.29 is 18.9 Å². The molecule has 1 fully saturated rings. The molecule has 9 nitrogen and oxygen atoms in total. The number of aromatic amines is 1. The van der Waals surface area contributed by atoms with Crippen LogP contribution in [0.5, 0.6) is 17.2 Å². The van der Waals surface area contributed by atoms with E-state index in [0.29, 0.717) is 30.1 Å². The van der Waals surface area contributed by atoms with Crippen molar-refractivity contribution in [1.82, 2.24) is 19.5 Å². The Kier molecular flexibility index (Phi) is 7.41. The molecule has 4 aromatic rings. The second kappa shape index (κ2) is 11.0. The molecule has 5 rings (SSSR count). The third kappa shape index (κ3) is 5.61. The second-order valence-corrected chi connectivity index (χ2v) is 9.35. The Bertz CT molecular complexity index is 1410. The van der Waals surface area contributed by atoms with Gasteiger partial charge >= 0.3 is 0 Å². The standard InChI is InChI=1S/C28H33N5O4/c1-18(36-16-19-8-11-21(34-2)12-9-19)27-31-25-26(29)30-17-33(28(25)32-27)15-20-10-13-23(35-3)24(14-20)37-22-6-4-5-7-22/h8-14,17-18,22,29H,4-7,15-16H2,1-3H3,(H,31,32). The van der Waals surface area contributed by atoms with Crippen LogP contribution in [0, 0.1) is 5.41 Å². The molecule has 2 N–H and O–H groups in total. The Hall–Kier alpha value is -3.85. The zero-order valence-electron chi connectivity index (χ0n) is 21.5. The molecule has 1 unspecified atom stereocenters. The molecular weight excluding hydrogens is 470 g/mol. The molecule has 1 saturated carbocycles. The largest absolute Gasteiger partial charge is 0.497 e. The summed E-state index contributed by atoms with van der Waals surface area (Å²) in [5.74, 6) is 2.95.